The van der Waals surface area contributed by atoms with Crippen LogP contribution in [0.15, 0.2) is 106 Å². The Bertz CT molecular complexity index is 1480. The molecule has 0 aliphatic rings. The first-order valence-corrected chi connectivity index (χ1v) is 10.3. The average molecular weight is 436 g/mol. The number of nitrogen functional groups attached to an aromatic ring is 2. The molecule has 1 heterocycles. The first-order valence-electron chi connectivity index (χ1n) is 10.3. The van der Waals surface area contributed by atoms with Crippen LogP contribution < -0.4 is 26.4 Å². The van der Waals surface area contributed by atoms with E-state index in [2.05, 4.69) is 0 Å². The fraction of sp³-hybridized carbons (Fsp3) is 0. The molecule has 4 N–H and O–H groups in total. The average Bonchev–Trinajstić information content (AvgIpc) is 2.84. The highest BCUT2D eigenvalue weighted by atomic mass is 16.5. The molecule has 6 nitrogen and oxygen atoms in total. The molecule has 0 fully saturated rings. The van der Waals surface area contributed by atoms with E-state index in [1.807, 2.05) is 30.3 Å². The van der Waals surface area contributed by atoms with Crippen molar-refractivity contribution < 1.29 is 13.9 Å². The molecule has 0 unspecified atom stereocenters. The summed E-state index contributed by atoms with van der Waals surface area (Å²) in [6.45, 7) is 0. The van der Waals surface area contributed by atoms with Gasteiger partial charge in [0.1, 0.15) is 22.8 Å². The van der Waals surface area contributed by atoms with Crippen molar-refractivity contribution in [1.29, 1.82) is 0 Å². The van der Waals surface area contributed by atoms with Crippen LogP contribution in [0.25, 0.3) is 22.3 Å². The number of fused-ring (bicyclic) bond motifs is 1. The summed E-state index contributed by atoms with van der Waals surface area (Å²) in [5, 5.41) is 0.379. The van der Waals surface area contributed by atoms with Gasteiger partial charge in [0.05, 0.1) is 5.39 Å². The number of rotatable bonds is 5. The standard InChI is InChI=1S/C27H20N2O4/c28-18-6-10-20(11-7-18)31-22-14-15-23-24(16-22)33-26(17-4-2-1-3-5-17)27(25(23)30)32-21-12-8-19(29)9-13-21/h1-16H,28-29H2. The molecule has 6 heteroatoms. The normalized spacial score (nSPS) is 10.8. The van der Waals surface area contributed by atoms with Gasteiger partial charge in [-0.25, -0.2) is 0 Å². The topological polar surface area (TPSA) is 101 Å². The van der Waals surface area contributed by atoms with Crippen molar-refractivity contribution in [3.05, 3.63) is 107 Å². The lowest BCUT2D eigenvalue weighted by Gasteiger charge is -2.12. The van der Waals surface area contributed by atoms with Gasteiger partial charge in [0.25, 0.3) is 0 Å². The molecular formula is C27H20N2O4. The van der Waals surface area contributed by atoms with Crippen LogP contribution in [-0.4, -0.2) is 0 Å². The Kier molecular flexibility index (Phi) is 5.16. The molecule has 4 aromatic carbocycles. The van der Waals surface area contributed by atoms with Gasteiger partial charge in [-0.2, -0.15) is 0 Å². The van der Waals surface area contributed by atoms with E-state index >= 15 is 0 Å². The Morgan fingerprint density at radius 1 is 0.636 bits per heavy atom. The second-order valence-corrected chi connectivity index (χ2v) is 7.46. The molecular weight excluding hydrogens is 416 g/mol. The van der Waals surface area contributed by atoms with E-state index in [9.17, 15) is 4.79 Å². The molecule has 0 aliphatic heterocycles. The van der Waals surface area contributed by atoms with E-state index in [1.54, 1.807) is 66.7 Å². The van der Waals surface area contributed by atoms with E-state index in [1.165, 1.54) is 0 Å². The third-order valence-corrected chi connectivity index (χ3v) is 5.07. The van der Waals surface area contributed by atoms with Gasteiger partial charge >= 0.3 is 0 Å². The number of ether oxygens (including phenoxy) is 2. The molecule has 33 heavy (non-hydrogen) atoms. The second-order valence-electron chi connectivity index (χ2n) is 7.46. The Hall–Kier alpha value is -4.71. The number of hydrogen-bond donors (Lipinski definition) is 2. The van der Waals surface area contributed by atoms with E-state index in [0.29, 0.717) is 50.9 Å². The fourth-order valence-corrected chi connectivity index (χ4v) is 3.42. The van der Waals surface area contributed by atoms with Crippen molar-refractivity contribution in [3.63, 3.8) is 0 Å². The molecule has 0 saturated heterocycles. The van der Waals surface area contributed by atoms with E-state index in [0.717, 1.165) is 0 Å². The van der Waals surface area contributed by atoms with Gasteiger partial charge in [0.15, 0.2) is 5.76 Å². The predicted octanol–water partition coefficient (Wildman–Crippen LogP) is 6.21. The Labute approximate surface area is 189 Å². The van der Waals surface area contributed by atoms with Crippen molar-refractivity contribution in [2.75, 3.05) is 11.5 Å². The largest absolute Gasteiger partial charge is 0.457 e. The Morgan fingerprint density at radius 2 is 1.21 bits per heavy atom. The zero-order valence-electron chi connectivity index (χ0n) is 17.5. The second kappa shape index (κ2) is 8.43. The molecule has 0 atom stereocenters. The van der Waals surface area contributed by atoms with Crippen LogP contribution in [0.5, 0.6) is 23.0 Å². The first-order chi connectivity index (χ1) is 16.1. The summed E-state index contributed by atoms with van der Waals surface area (Å²) in [5.74, 6) is 2.07. The highest BCUT2D eigenvalue weighted by molar-refractivity contribution is 5.83. The Balaban J connectivity index is 1.62. The number of hydrogen-bond acceptors (Lipinski definition) is 6. The van der Waals surface area contributed by atoms with Crippen molar-refractivity contribution in [3.8, 4) is 34.3 Å². The smallest absolute Gasteiger partial charge is 0.235 e. The van der Waals surface area contributed by atoms with E-state index in [4.69, 9.17) is 25.4 Å². The van der Waals surface area contributed by atoms with E-state index < -0.39 is 0 Å². The van der Waals surface area contributed by atoms with Crippen molar-refractivity contribution in [2.24, 2.45) is 0 Å². The summed E-state index contributed by atoms with van der Waals surface area (Å²) in [5.41, 5.74) is 13.6. The Morgan fingerprint density at radius 3 is 1.85 bits per heavy atom. The lowest BCUT2D eigenvalue weighted by Crippen LogP contribution is -2.07. The molecule has 0 radical (unpaired) electrons. The molecule has 0 spiro atoms. The quantitative estimate of drug-likeness (QED) is 0.318. The van der Waals surface area contributed by atoms with Gasteiger partial charge in [-0.15, -0.1) is 0 Å². The number of benzene rings is 4. The molecule has 0 saturated carbocycles. The third-order valence-electron chi connectivity index (χ3n) is 5.07. The molecule has 5 rings (SSSR count). The maximum absolute atomic E-state index is 13.4. The minimum absolute atomic E-state index is 0.102. The lowest BCUT2D eigenvalue weighted by atomic mass is 10.1. The monoisotopic (exact) mass is 436 g/mol. The van der Waals surface area contributed by atoms with Crippen LogP contribution in [-0.2, 0) is 0 Å². The number of anilines is 2. The SMILES string of the molecule is Nc1ccc(Oc2ccc3c(=O)c(Oc4ccc(N)cc4)c(-c4ccccc4)oc3c2)cc1. The maximum atomic E-state index is 13.4. The van der Waals surface area contributed by atoms with Crippen LogP contribution in [0, 0.1) is 0 Å². The zero-order chi connectivity index (χ0) is 22.8. The molecule has 1 aromatic heterocycles. The molecule has 0 bridgehead atoms. The van der Waals surface area contributed by atoms with Crippen molar-refractivity contribution in [2.45, 2.75) is 0 Å². The molecule has 0 amide bonds. The van der Waals surface area contributed by atoms with Gasteiger partial charge in [0, 0.05) is 23.0 Å². The van der Waals surface area contributed by atoms with Crippen LogP contribution >= 0.6 is 0 Å². The third kappa shape index (κ3) is 4.22. The van der Waals surface area contributed by atoms with Crippen LogP contribution in [0.4, 0.5) is 11.4 Å². The van der Waals surface area contributed by atoms with Crippen LogP contribution in [0.3, 0.4) is 0 Å². The zero-order valence-corrected chi connectivity index (χ0v) is 17.5. The summed E-state index contributed by atoms with van der Waals surface area (Å²) >= 11 is 0. The summed E-state index contributed by atoms with van der Waals surface area (Å²) in [6, 6.07) is 28.3. The maximum Gasteiger partial charge on any atom is 0.235 e. The highest BCUT2D eigenvalue weighted by Crippen LogP contribution is 2.35. The van der Waals surface area contributed by atoms with Gasteiger partial charge in [0.2, 0.25) is 11.2 Å². The molecule has 5 aromatic rings. The van der Waals surface area contributed by atoms with E-state index in [-0.39, 0.29) is 11.2 Å². The van der Waals surface area contributed by atoms with Gasteiger partial charge in [-0.1, -0.05) is 30.3 Å². The van der Waals surface area contributed by atoms with Gasteiger partial charge in [-0.3, -0.25) is 4.79 Å². The summed E-state index contributed by atoms with van der Waals surface area (Å²) in [4.78, 5) is 13.4. The molecule has 162 valence electrons. The minimum Gasteiger partial charge on any atom is -0.457 e. The van der Waals surface area contributed by atoms with Crippen molar-refractivity contribution in [1.82, 2.24) is 0 Å². The van der Waals surface area contributed by atoms with Crippen LogP contribution in [0.2, 0.25) is 0 Å². The van der Waals surface area contributed by atoms with Crippen LogP contribution in [0.1, 0.15) is 0 Å². The summed E-state index contributed by atoms with van der Waals surface area (Å²) in [7, 11) is 0. The highest BCUT2D eigenvalue weighted by Gasteiger charge is 2.19. The van der Waals surface area contributed by atoms with Crippen molar-refractivity contribution >= 4 is 22.3 Å². The predicted molar refractivity (Wildman–Crippen MR) is 130 cm³/mol. The number of nitrogens with two attached hydrogens (primary N) is 2. The lowest BCUT2D eigenvalue weighted by molar-refractivity contribution is 0.456. The minimum atomic E-state index is -0.286. The summed E-state index contributed by atoms with van der Waals surface area (Å²) in [6.07, 6.45) is 0. The first kappa shape index (κ1) is 20.2. The fourth-order valence-electron chi connectivity index (χ4n) is 3.42. The van der Waals surface area contributed by atoms with Gasteiger partial charge < -0.3 is 25.4 Å². The summed E-state index contributed by atoms with van der Waals surface area (Å²) < 4.78 is 18.1. The molecule has 0 aliphatic carbocycles. The van der Waals surface area contributed by atoms with Gasteiger partial charge in [-0.05, 0) is 60.7 Å².